The summed E-state index contributed by atoms with van der Waals surface area (Å²) < 4.78 is 0. The molecular formula is C14H24OSi. The van der Waals surface area contributed by atoms with Gasteiger partial charge in [0.15, 0.2) is 0 Å². The standard InChI is InChI=1S/C14H24OSi/c1-13(8-11-16(2,3)4)12-14(15)9-6-5-7-10-14/h12,15H,5-7,9-10H2,1-4H3/b13-12+. The van der Waals surface area contributed by atoms with E-state index in [-0.39, 0.29) is 0 Å². The van der Waals surface area contributed by atoms with Crippen LogP contribution in [-0.2, 0) is 0 Å². The summed E-state index contributed by atoms with van der Waals surface area (Å²) >= 11 is 0. The normalized spacial score (nSPS) is 21.2. The monoisotopic (exact) mass is 236 g/mol. The molecule has 0 aromatic carbocycles. The quantitative estimate of drug-likeness (QED) is 0.546. The molecule has 0 aromatic heterocycles. The molecule has 1 aliphatic carbocycles. The highest BCUT2D eigenvalue weighted by molar-refractivity contribution is 6.83. The summed E-state index contributed by atoms with van der Waals surface area (Å²) in [6.07, 6.45) is 7.33. The van der Waals surface area contributed by atoms with Crippen molar-refractivity contribution in [2.45, 2.75) is 64.3 Å². The van der Waals surface area contributed by atoms with E-state index in [1.807, 2.05) is 13.0 Å². The van der Waals surface area contributed by atoms with Crippen molar-refractivity contribution >= 4 is 8.07 Å². The summed E-state index contributed by atoms with van der Waals surface area (Å²) in [6, 6.07) is 0. The molecule has 2 heteroatoms. The second kappa shape index (κ2) is 5.20. The van der Waals surface area contributed by atoms with Gasteiger partial charge in [-0.3, -0.25) is 0 Å². The molecular weight excluding hydrogens is 212 g/mol. The third kappa shape index (κ3) is 5.00. The minimum absolute atomic E-state index is 0.573. The van der Waals surface area contributed by atoms with Crippen molar-refractivity contribution < 1.29 is 5.11 Å². The van der Waals surface area contributed by atoms with Crippen LogP contribution >= 0.6 is 0 Å². The van der Waals surface area contributed by atoms with Gasteiger partial charge in [0, 0.05) is 0 Å². The molecule has 0 heterocycles. The summed E-state index contributed by atoms with van der Waals surface area (Å²) in [5, 5.41) is 10.3. The number of hydrogen-bond acceptors (Lipinski definition) is 1. The van der Waals surface area contributed by atoms with E-state index in [1.165, 1.54) is 6.42 Å². The maximum Gasteiger partial charge on any atom is 0.129 e. The van der Waals surface area contributed by atoms with Crippen LogP contribution in [0.4, 0.5) is 0 Å². The summed E-state index contributed by atoms with van der Waals surface area (Å²) in [7, 11) is -1.29. The van der Waals surface area contributed by atoms with Crippen molar-refractivity contribution in [3.63, 3.8) is 0 Å². The van der Waals surface area contributed by atoms with Crippen molar-refractivity contribution in [2.75, 3.05) is 0 Å². The molecule has 0 unspecified atom stereocenters. The molecule has 0 atom stereocenters. The van der Waals surface area contributed by atoms with Crippen molar-refractivity contribution in [2.24, 2.45) is 0 Å². The lowest BCUT2D eigenvalue weighted by Crippen LogP contribution is -2.28. The summed E-state index contributed by atoms with van der Waals surface area (Å²) in [5.74, 6) is 3.21. The summed E-state index contributed by atoms with van der Waals surface area (Å²) in [4.78, 5) is 0. The SMILES string of the molecule is C/C(C#C[Si](C)(C)C)=C\C1(O)CCCCC1. The molecule has 0 radical (unpaired) electrons. The Balaban J connectivity index is 2.70. The van der Waals surface area contributed by atoms with Gasteiger partial charge in [0.2, 0.25) is 0 Å². The number of hydrogen-bond donors (Lipinski definition) is 1. The van der Waals surface area contributed by atoms with Crippen LogP contribution < -0.4 is 0 Å². The molecule has 0 aliphatic heterocycles. The van der Waals surface area contributed by atoms with E-state index in [0.717, 1.165) is 31.3 Å². The van der Waals surface area contributed by atoms with Gasteiger partial charge in [0.1, 0.15) is 8.07 Å². The highest BCUT2D eigenvalue weighted by atomic mass is 28.3. The van der Waals surface area contributed by atoms with Gasteiger partial charge in [-0.2, -0.15) is 0 Å². The van der Waals surface area contributed by atoms with Gasteiger partial charge < -0.3 is 5.11 Å². The Kier molecular flexibility index (Phi) is 4.40. The maximum absolute atomic E-state index is 10.3. The molecule has 0 bridgehead atoms. The highest BCUT2D eigenvalue weighted by Crippen LogP contribution is 2.29. The smallest absolute Gasteiger partial charge is 0.129 e. The van der Waals surface area contributed by atoms with Gasteiger partial charge in [0.05, 0.1) is 5.60 Å². The first-order valence-electron chi connectivity index (χ1n) is 6.26. The van der Waals surface area contributed by atoms with Crippen LogP contribution in [0.3, 0.4) is 0 Å². The zero-order valence-corrected chi connectivity index (χ0v) is 12.1. The van der Waals surface area contributed by atoms with E-state index in [9.17, 15) is 5.11 Å². The van der Waals surface area contributed by atoms with E-state index >= 15 is 0 Å². The van der Waals surface area contributed by atoms with Gasteiger partial charge >= 0.3 is 0 Å². The van der Waals surface area contributed by atoms with Crippen LogP contribution in [-0.4, -0.2) is 18.8 Å². The molecule has 90 valence electrons. The molecule has 1 N–H and O–H groups in total. The third-order valence-corrected chi connectivity index (χ3v) is 3.71. The number of rotatable bonds is 1. The van der Waals surface area contributed by atoms with Gasteiger partial charge in [-0.15, -0.1) is 5.54 Å². The van der Waals surface area contributed by atoms with Crippen LogP contribution in [0.1, 0.15) is 39.0 Å². The van der Waals surface area contributed by atoms with E-state index in [1.54, 1.807) is 0 Å². The van der Waals surface area contributed by atoms with Crippen molar-refractivity contribution in [1.29, 1.82) is 0 Å². The fraction of sp³-hybridized carbons (Fsp3) is 0.714. The van der Waals surface area contributed by atoms with Crippen LogP contribution in [0.15, 0.2) is 11.6 Å². The van der Waals surface area contributed by atoms with E-state index in [0.29, 0.717) is 0 Å². The van der Waals surface area contributed by atoms with Crippen LogP contribution in [0.25, 0.3) is 0 Å². The predicted molar refractivity (Wildman–Crippen MR) is 72.9 cm³/mol. The Hall–Kier alpha value is -0.523. The summed E-state index contributed by atoms with van der Waals surface area (Å²) in [5.41, 5.74) is 3.80. The molecule has 0 amide bonds. The van der Waals surface area contributed by atoms with Crippen molar-refractivity contribution in [1.82, 2.24) is 0 Å². The second-order valence-electron chi connectivity index (χ2n) is 5.99. The van der Waals surface area contributed by atoms with Crippen molar-refractivity contribution in [3.8, 4) is 11.5 Å². The average Bonchev–Trinajstić information content (AvgIpc) is 2.14. The lowest BCUT2D eigenvalue weighted by molar-refractivity contribution is 0.0508. The fourth-order valence-corrected chi connectivity index (χ4v) is 2.61. The molecule has 16 heavy (non-hydrogen) atoms. The second-order valence-corrected chi connectivity index (χ2v) is 10.7. The molecule has 1 fully saturated rings. The molecule has 0 aromatic rings. The Bertz CT molecular complexity index is 319. The van der Waals surface area contributed by atoms with E-state index in [4.69, 9.17) is 0 Å². The minimum Gasteiger partial charge on any atom is -0.386 e. The van der Waals surface area contributed by atoms with Gasteiger partial charge in [-0.1, -0.05) is 44.8 Å². The number of allylic oxidation sites excluding steroid dienone is 1. The molecule has 0 saturated heterocycles. The van der Waals surface area contributed by atoms with E-state index in [2.05, 4.69) is 31.1 Å². The molecule has 0 spiro atoms. The first kappa shape index (κ1) is 13.5. The first-order valence-corrected chi connectivity index (χ1v) is 9.76. The Morgan fingerprint density at radius 2 is 1.75 bits per heavy atom. The van der Waals surface area contributed by atoms with Crippen LogP contribution in [0, 0.1) is 11.5 Å². The molecule has 1 rings (SSSR count). The number of aliphatic hydroxyl groups is 1. The average molecular weight is 236 g/mol. The van der Waals surface area contributed by atoms with Crippen molar-refractivity contribution in [3.05, 3.63) is 11.6 Å². The molecule has 1 nitrogen and oxygen atoms in total. The topological polar surface area (TPSA) is 20.2 Å². The van der Waals surface area contributed by atoms with Gasteiger partial charge in [0.25, 0.3) is 0 Å². The van der Waals surface area contributed by atoms with Gasteiger partial charge in [-0.05, 0) is 31.4 Å². The first-order chi connectivity index (χ1) is 7.31. The summed E-state index contributed by atoms with van der Waals surface area (Å²) in [6.45, 7) is 8.73. The lowest BCUT2D eigenvalue weighted by Gasteiger charge is -2.29. The van der Waals surface area contributed by atoms with Crippen LogP contribution in [0.2, 0.25) is 19.6 Å². The highest BCUT2D eigenvalue weighted by Gasteiger charge is 2.26. The molecule has 1 saturated carbocycles. The van der Waals surface area contributed by atoms with Crippen LogP contribution in [0.5, 0.6) is 0 Å². The van der Waals surface area contributed by atoms with E-state index < -0.39 is 13.7 Å². The third-order valence-electron chi connectivity index (χ3n) is 2.84. The minimum atomic E-state index is -1.29. The fourth-order valence-electron chi connectivity index (χ4n) is 2.03. The Morgan fingerprint density at radius 1 is 1.19 bits per heavy atom. The van der Waals surface area contributed by atoms with Gasteiger partial charge in [-0.25, -0.2) is 0 Å². The Morgan fingerprint density at radius 3 is 2.25 bits per heavy atom. The molecule has 1 aliphatic rings. The maximum atomic E-state index is 10.3. The lowest BCUT2D eigenvalue weighted by atomic mass is 9.84. The largest absolute Gasteiger partial charge is 0.386 e. The zero-order valence-electron chi connectivity index (χ0n) is 11.1. The zero-order chi connectivity index (χ0) is 12.2. The Labute approximate surface area is 101 Å². The predicted octanol–water partition coefficient (Wildman–Crippen LogP) is 3.51.